The lowest BCUT2D eigenvalue weighted by atomic mass is 10.2. The number of ether oxygens (including phenoxy) is 2. The summed E-state index contributed by atoms with van der Waals surface area (Å²) >= 11 is 0. The lowest BCUT2D eigenvalue weighted by molar-refractivity contribution is 0.103. The van der Waals surface area contributed by atoms with Gasteiger partial charge >= 0.3 is 6.16 Å². The molecule has 0 atom stereocenters. The number of H-pyrrole nitrogens is 1. The molecule has 0 radical (unpaired) electrons. The maximum absolute atomic E-state index is 12.9. The van der Waals surface area contributed by atoms with Gasteiger partial charge in [-0.15, -0.1) is 0 Å². The standard InChI is InChI=1S/C11H10FNO3/c1-2-15-11(14)16-10-6-7-5-8(12)3-4-9(7)13-10/h3-6,13H,2H2,1H3. The summed E-state index contributed by atoms with van der Waals surface area (Å²) in [5.41, 5.74) is 0.695. The summed E-state index contributed by atoms with van der Waals surface area (Å²) < 4.78 is 22.3. The highest BCUT2D eigenvalue weighted by atomic mass is 19.1. The number of carbonyl (C=O) groups excluding carboxylic acids is 1. The molecule has 0 spiro atoms. The average molecular weight is 223 g/mol. The highest BCUT2D eigenvalue weighted by Gasteiger charge is 2.08. The van der Waals surface area contributed by atoms with Crippen molar-refractivity contribution in [1.82, 2.24) is 4.98 Å². The van der Waals surface area contributed by atoms with Gasteiger partial charge in [0.25, 0.3) is 0 Å². The van der Waals surface area contributed by atoms with Crippen molar-refractivity contribution in [3.63, 3.8) is 0 Å². The highest BCUT2D eigenvalue weighted by Crippen LogP contribution is 2.21. The van der Waals surface area contributed by atoms with Crippen LogP contribution in [0.3, 0.4) is 0 Å². The van der Waals surface area contributed by atoms with Crippen LogP contribution in [0, 0.1) is 5.82 Å². The van der Waals surface area contributed by atoms with Crippen molar-refractivity contribution in [2.45, 2.75) is 6.92 Å². The zero-order valence-corrected chi connectivity index (χ0v) is 8.62. The molecule has 0 aliphatic carbocycles. The number of benzene rings is 1. The topological polar surface area (TPSA) is 51.3 Å². The monoisotopic (exact) mass is 223 g/mol. The Labute approximate surface area is 91.0 Å². The Kier molecular flexibility index (Phi) is 2.76. The molecule has 84 valence electrons. The molecule has 0 aliphatic heterocycles. The van der Waals surface area contributed by atoms with Gasteiger partial charge < -0.3 is 14.5 Å². The van der Waals surface area contributed by atoms with Crippen LogP contribution in [0.5, 0.6) is 5.88 Å². The van der Waals surface area contributed by atoms with E-state index in [2.05, 4.69) is 9.72 Å². The van der Waals surface area contributed by atoms with Crippen LogP contribution < -0.4 is 4.74 Å². The first kappa shape index (κ1) is 10.5. The fourth-order valence-electron chi connectivity index (χ4n) is 1.37. The number of rotatable bonds is 2. The zero-order chi connectivity index (χ0) is 11.5. The van der Waals surface area contributed by atoms with E-state index in [0.717, 1.165) is 0 Å². The number of nitrogens with one attached hydrogen (secondary N) is 1. The summed E-state index contributed by atoms with van der Waals surface area (Å²) in [5.74, 6) is -0.103. The lowest BCUT2D eigenvalue weighted by Gasteiger charge is -1.99. The van der Waals surface area contributed by atoms with Crippen LogP contribution in [0.15, 0.2) is 24.3 Å². The molecule has 2 aromatic rings. The molecule has 5 heteroatoms. The van der Waals surface area contributed by atoms with Crippen LogP contribution in [0.4, 0.5) is 9.18 Å². The average Bonchev–Trinajstić information content (AvgIpc) is 2.59. The van der Waals surface area contributed by atoms with Gasteiger partial charge in [0.1, 0.15) is 5.82 Å². The predicted molar refractivity (Wildman–Crippen MR) is 55.9 cm³/mol. The first-order chi connectivity index (χ1) is 7.69. The van der Waals surface area contributed by atoms with Crippen molar-refractivity contribution in [3.05, 3.63) is 30.1 Å². The molecule has 1 aromatic carbocycles. The molecule has 1 heterocycles. The van der Waals surface area contributed by atoms with E-state index in [4.69, 9.17) is 4.74 Å². The van der Waals surface area contributed by atoms with Crippen molar-refractivity contribution < 1.29 is 18.7 Å². The molecular formula is C11H10FNO3. The Morgan fingerprint density at radius 3 is 3.00 bits per heavy atom. The smallest absolute Gasteiger partial charge is 0.434 e. The minimum atomic E-state index is -0.783. The van der Waals surface area contributed by atoms with Crippen molar-refractivity contribution in [3.8, 4) is 5.88 Å². The van der Waals surface area contributed by atoms with Gasteiger partial charge in [-0.25, -0.2) is 9.18 Å². The summed E-state index contributed by atoms with van der Waals surface area (Å²) in [5, 5.41) is 0.638. The van der Waals surface area contributed by atoms with Crippen molar-refractivity contribution >= 4 is 17.1 Å². The minimum absolute atomic E-state index is 0.235. The predicted octanol–water partition coefficient (Wildman–Crippen LogP) is 2.84. The zero-order valence-electron chi connectivity index (χ0n) is 8.62. The minimum Gasteiger partial charge on any atom is -0.434 e. The Morgan fingerprint density at radius 1 is 1.44 bits per heavy atom. The van der Waals surface area contributed by atoms with Crippen molar-refractivity contribution in [1.29, 1.82) is 0 Å². The molecule has 1 N–H and O–H groups in total. The maximum atomic E-state index is 12.9. The van der Waals surface area contributed by atoms with Gasteiger partial charge in [-0.05, 0) is 25.1 Å². The summed E-state index contributed by atoms with van der Waals surface area (Å²) in [6.07, 6.45) is -0.783. The molecule has 0 unspecified atom stereocenters. The summed E-state index contributed by atoms with van der Waals surface area (Å²) in [4.78, 5) is 13.8. The molecule has 0 saturated heterocycles. The van der Waals surface area contributed by atoms with Gasteiger partial charge in [0, 0.05) is 17.0 Å². The molecule has 4 nitrogen and oxygen atoms in total. The number of carbonyl (C=O) groups is 1. The van der Waals surface area contributed by atoms with Crippen molar-refractivity contribution in [2.24, 2.45) is 0 Å². The van der Waals surface area contributed by atoms with Crippen molar-refractivity contribution in [2.75, 3.05) is 6.61 Å². The molecule has 2 rings (SSSR count). The van der Waals surface area contributed by atoms with E-state index in [0.29, 0.717) is 10.9 Å². The molecular weight excluding hydrogens is 213 g/mol. The fourth-order valence-corrected chi connectivity index (χ4v) is 1.37. The second kappa shape index (κ2) is 4.22. The van der Waals surface area contributed by atoms with E-state index < -0.39 is 6.16 Å². The Morgan fingerprint density at radius 2 is 2.25 bits per heavy atom. The maximum Gasteiger partial charge on any atom is 0.515 e. The van der Waals surface area contributed by atoms with Crippen LogP contribution in [-0.2, 0) is 4.74 Å². The highest BCUT2D eigenvalue weighted by molar-refractivity contribution is 5.82. The molecule has 0 bridgehead atoms. The first-order valence-electron chi connectivity index (χ1n) is 4.82. The Balaban J connectivity index is 2.23. The van der Waals surface area contributed by atoms with Crippen LogP contribution in [0.25, 0.3) is 10.9 Å². The molecule has 16 heavy (non-hydrogen) atoms. The van der Waals surface area contributed by atoms with Crippen LogP contribution >= 0.6 is 0 Å². The quantitative estimate of drug-likeness (QED) is 0.796. The largest absolute Gasteiger partial charge is 0.515 e. The second-order valence-corrected chi connectivity index (χ2v) is 3.15. The summed E-state index contributed by atoms with van der Waals surface area (Å²) in [6.45, 7) is 1.93. The first-order valence-corrected chi connectivity index (χ1v) is 4.82. The number of hydrogen-bond acceptors (Lipinski definition) is 3. The number of fused-ring (bicyclic) bond motifs is 1. The van der Waals surface area contributed by atoms with Crippen LogP contribution in [0.2, 0.25) is 0 Å². The van der Waals surface area contributed by atoms with E-state index >= 15 is 0 Å². The Bertz CT molecular complexity index is 521. The molecule has 0 saturated carbocycles. The van der Waals surface area contributed by atoms with E-state index in [1.807, 2.05) is 0 Å². The van der Waals surface area contributed by atoms with Gasteiger partial charge in [-0.2, -0.15) is 0 Å². The Hall–Kier alpha value is -2.04. The molecule has 1 aromatic heterocycles. The van der Waals surface area contributed by atoms with E-state index in [1.165, 1.54) is 18.2 Å². The van der Waals surface area contributed by atoms with Gasteiger partial charge in [-0.3, -0.25) is 0 Å². The lowest BCUT2D eigenvalue weighted by Crippen LogP contribution is -2.09. The SMILES string of the molecule is CCOC(=O)Oc1cc2cc(F)ccc2[nH]1. The molecule has 0 amide bonds. The van der Waals surface area contributed by atoms with E-state index in [-0.39, 0.29) is 18.3 Å². The number of aromatic amines is 1. The number of hydrogen-bond donors (Lipinski definition) is 1. The van der Waals surface area contributed by atoms with Gasteiger partial charge in [0.15, 0.2) is 0 Å². The van der Waals surface area contributed by atoms with Gasteiger partial charge in [0.2, 0.25) is 5.88 Å². The number of halogens is 1. The van der Waals surface area contributed by atoms with Gasteiger partial charge in [0.05, 0.1) is 6.61 Å². The third-order valence-electron chi connectivity index (χ3n) is 2.01. The van der Waals surface area contributed by atoms with E-state index in [1.54, 1.807) is 13.0 Å². The van der Waals surface area contributed by atoms with Crippen LogP contribution in [0.1, 0.15) is 6.92 Å². The number of aromatic nitrogens is 1. The molecule has 0 aliphatic rings. The van der Waals surface area contributed by atoms with Crippen LogP contribution in [-0.4, -0.2) is 17.7 Å². The van der Waals surface area contributed by atoms with Gasteiger partial charge in [-0.1, -0.05) is 0 Å². The summed E-state index contributed by atoms with van der Waals surface area (Å²) in [6, 6.07) is 5.79. The van der Waals surface area contributed by atoms with E-state index in [9.17, 15) is 9.18 Å². The third-order valence-corrected chi connectivity index (χ3v) is 2.01. The third kappa shape index (κ3) is 2.13. The molecule has 0 fully saturated rings. The second-order valence-electron chi connectivity index (χ2n) is 3.15. The fraction of sp³-hybridized carbons (Fsp3) is 0.182. The normalized spacial score (nSPS) is 10.4. The summed E-state index contributed by atoms with van der Waals surface area (Å²) in [7, 11) is 0.